The molecule has 0 saturated heterocycles. The molecule has 1 aromatic heterocycles. The molecule has 94 valence electrons. The van der Waals surface area contributed by atoms with Crippen LogP contribution in [0.15, 0.2) is 29.6 Å². The van der Waals surface area contributed by atoms with Crippen molar-refractivity contribution in [3.8, 4) is 0 Å². The van der Waals surface area contributed by atoms with Crippen molar-refractivity contribution in [1.29, 1.82) is 0 Å². The summed E-state index contributed by atoms with van der Waals surface area (Å²) in [6.07, 6.45) is 4.05. The first-order valence-corrected chi connectivity index (χ1v) is 7.60. The number of fused-ring (bicyclic) bond motifs is 1. The van der Waals surface area contributed by atoms with E-state index < -0.39 is 0 Å². The lowest BCUT2D eigenvalue weighted by Gasteiger charge is -2.07. The van der Waals surface area contributed by atoms with Gasteiger partial charge in [0.25, 0.3) is 0 Å². The zero-order valence-corrected chi connectivity index (χ0v) is 11.5. The number of rotatable bonds is 3. The van der Waals surface area contributed by atoms with E-state index >= 15 is 0 Å². The van der Waals surface area contributed by atoms with Crippen molar-refractivity contribution < 1.29 is 4.79 Å². The number of carbonyl (C=O) groups is 1. The highest BCUT2D eigenvalue weighted by atomic mass is 32.1. The summed E-state index contributed by atoms with van der Waals surface area (Å²) in [6.45, 7) is 2.26. The van der Waals surface area contributed by atoms with Gasteiger partial charge in [-0.15, -0.1) is 11.3 Å². The topological polar surface area (TPSA) is 17.1 Å². The highest BCUT2D eigenvalue weighted by Crippen LogP contribution is 2.33. The van der Waals surface area contributed by atoms with Gasteiger partial charge in [-0.3, -0.25) is 4.79 Å². The molecule has 2 heteroatoms. The Labute approximate surface area is 112 Å². The number of carbonyl (C=O) groups excluding carboxylic acids is 1. The Hall–Kier alpha value is -1.15. The predicted molar refractivity (Wildman–Crippen MR) is 77.0 cm³/mol. The average molecular weight is 258 g/mol. The fourth-order valence-corrected chi connectivity index (χ4v) is 3.96. The zero-order chi connectivity index (χ0) is 12.5. The lowest BCUT2D eigenvalue weighted by atomic mass is 9.95. The summed E-state index contributed by atoms with van der Waals surface area (Å²) in [4.78, 5) is 12.3. The molecule has 18 heavy (non-hydrogen) atoms. The molecule has 0 radical (unpaired) electrons. The van der Waals surface area contributed by atoms with Gasteiger partial charge in [-0.25, -0.2) is 0 Å². The third kappa shape index (κ3) is 2.22. The molecular weight excluding hydrogens is 240 g/mol. The lowest BCUT2D eigenvalue weighted by Crippen LogP contribution is -2.13. The maximum absolute atomic E-state index is 12.3. The normalized spacial score (nSPS) is 23.6. The van der Waals surface area contributed by atoms with Gasteiger partial charge in [0.15, 0.2) is 0 Å². The second kappa shape index (κ2) is 4.85. The van der Waals surface area contributed by atoms with E-state index in [0.29, 0.717) is 18.1 Å². The largest absolute Gasteiger partial charge is 0.299 e. The van der Waals surface area contributed by atoms with Crippen molar-refractivity contribution in [2.75, 3.05) is 0 Å². The maximum Gasteiger partial charge on any atom is 0.140 e. The zero-order valence-electron chi connectivity index (χ0n) is 10.7. The Morgan fingerprint density at radius 2 is 2.17 bits per heavy atom. The van der Waals surface area contributed by atoms with Gasteiger partial charge >= 0.3 is 0 Å². The SMILES string of the molecule is CC1CCC(C(=O)Cc2csc3ccccc23)C1. The second-order valence-electron chi connectivity index (χ2n) is 5.52. The van der Waals surface area contributed by atoms with Crippen molar-refractivity contribution in [3.05, 3.63) is 35.2 Å². The van der Waals surface area contributed by atoms with Gasteiger partial charge in [0.2, 0.25) is 0 Å². The van der Waals surface area contributed by atoms with Gasteiger partial charge in [-0.05, 0) is 47.6 Å². The Bertz CT molecular complexity index is 569. The van der Waals surface area contributed by atoms with Crippen molar-refractivity contribution >= 4 is 27.2 Å². The molecule has 0 bridgehead atoms. The Balaban J connectivity index is 1.78. The van der Waals surface area contributed by atoms with Crippen molar-refractivity contribution in [2.45, 2.75) is 32.6 Å². The Morgan fingerprint density at radius 1 is 1.33 bits per heavy atom. The van der Waals surface area contributed by atoms with Crippen molar-refractivity contribution in [1.82, 2.24) is 0 Å². The first kappa shape index (κ1) is 11.9. The quantitative estimate of drug-likeness (QED) is 0.795. The van der Waals surface area contributed by atoms with E-state index in [-0.39, 0.29) is 0 Å². The fraction of sp³-hybridized carbons (Fsp3) is 0.438. The highest BCUT2D eigenvalue weighted by Gasteiger charge is 2.27. The molecule has 1 aromatic carbocycles. The van der Waals surface area contributed by atoms with Crippen LogP contribution in [0.1, 0.15) is 31.7 Å². The first-order chi connectivity index (χ1) is 8.74. The van der Waals surface area contributed by atoms with E-state index in [4.69, 9.17) is 0 Å². The van der Waals surface area contributed by atoms with Gasteiger partial charge in [-0.2, -0.15) is 0 Å². The molecule has 0 amide bonds. The number of benzene rings is 1. The minimum absolute atomic E-state index is 0.318. The van der Waals surface area contributed by atoms with E-state index in [1.165, 1.54) is 22.1 Å². The third-order valence-corrected chi connectivity index (χ3v) is 5.09. The van der Waals surface area contributed by atoms with Crippen LogP contribution in [0.4, 0.5) is 0 Å². The van der Waals surface area contributed by atoms with E-state index in [9.17, 15) is 4.79 Å². The van der Waals surface area contributed by atoms with Crippen LogP contribution in [0, 0.1) is 11.8 Å². The summed E-state index contributed by atoms with van der Waals surface area (Å²) in [5.74, 6) is 1.50. The minimum Gasteiger partial charge on any atom is -0.299 e. The van der Waals surface area contributed by atoms with Crippen LogP contribution in [0.2, 0.25) is 0 Å². The molecular formula is C16H18OS. The van der Waals surface area contributed by atoms with Crippen LogP contribution >= 0.6 is 11.3 Å². The van der Waals surface area contributed by atoms with Crippen LogP contribution in [-0.4, -0.2) is 5.78 Å². The summed E-state index contributed by atoms with van der Waals surface area (Å²) in [5.41, 5.74) is 1.22. The summed E-state index contributed by atoms with van der Waals surface area (Å²) in [5, 5.41) is 3.42. The summed E-state index contributed by atoms with van der Waals surface area (Å²) in [6, 6.07) is 8.38. The molecule has 2 atom stereocenters. The lowest BCUT2D eigenvalue weighted by molar-refractivity contribution is -0.122. The maximum atomic E-state index is 12.3. The number of hydrogen-bond acceptors (Lipinski definition) is 2. The molecule has 1 nitrogen and oxygen atoms in total. The molecule has 2 unspecified atom stereocenters. The monoisotopic (exact) mass is 258 g/mol. The Kier molecular flexibility index (Phi) is 3.21. The molecule has 0 N–H and O–H groups in total. The third-order valence-electron chi connectivity index (χ3n) is 4.08. The molecule has 3 rings (SSSR count). The van der Waals surface area contributed by atoms with Gasteiger partial charge in [0.05, 0.1) is 0 Å². The van der Waals surface area contributed by atoms with Gasteiger partial charge in [0.1, 0.15) is 5.78 Å². The van der Waals surface area contributed by atoms with Crippen LogP contribution in [-0.2, 0) is 11.2 Å². The molecule has 1 saturated carbocycles. The van der Waals surface area contributed by atoms with Crippen LogP contribution in [0.3, 0.4) is 0 Å². The van der Waals surface area contributed by atoms with E-state index in [1.807, 2.05) is 0 Å². The number of Topliss-reactive ketones (excluding diaryl/α,β-unsaturated/α-hetero) is 1. The Morgan fingerprint density at radius 3 is 2.94 bits per heavy atom. The number of hydrogen-bond donors (Lipinski definition) is 0. The van der Waals surface area contributed by atoms with Crippen molar-refractivity contribution in [3.63, 3.8) is 0 Å². The molecule has 0 spiro atoms. The van der Waals surface area contributed by atoms with Crippen LogP contribution in [0.25, 0.3) is 10.1 Å². The summed E-state index contributed by atoms with van der Waals surface area (Å²) >= 11 is 1.75. The van der Waals surface area contributed by atoms with Gasteiger partial charge in [0, 0.05) is 17.0 Å². The molecule has 0 aliphatic heterocycles. The van der Waals surface area contributed by atoms with E-state index in [0.717, 1.165) is 18.8 Å². The van der Waals surface area contributed by atoms with Gasteiger partial charge in [-0.1, -0.05) is 25.1 Å². The average Bonchev–Trinajstić information content (AvgIpc) is 2.97. The van der Waals surface area contributed by atoms with E-state index in [2.05, 4.69) is 36.6 Å². The molecule has 1 aliphatic rings. The van der Waals surface area contributed by atoms with Gasteiger partial charge < -0.3 is 0 Å². The first-order valence-electron chi connectivity index (χ1n) is 6.72. The number of thiophene rings is 1. The standard InChI is InChI=1S/C16H18OS/c1-11-6-7-12(8-11)15(17)9-13-10-18-16-5-3-2-4-14(13)16/h2-5,10-12H,6-9H2,1H3. The second-order valence-corrected chi connectivity index (χ2v) is 6.43. The number of ketones is 1. The predicted octanol–water partition coefficient (Wildman–Crippen LogP) is 4.45. The minimum atomic E-state index is 0.318. The summed E-state index contributed by atoms with van der Waals surface area (Å²) in [7, 11) is 0. The molecule has 1 aliphatic carbocycles. The van der Waals surface area contributed by atoms with E-state index in [1.54, 1.807) is 11.3 Å². The fourth-order valence-electron chi connectivity index (χ4n) is 3.00. The van der Waals surface area contributed by atoms with Crippen molar-refractivity contribution in [2.24, 2.45) is 11.8 Å². The van der Waals surface area contributed by atoms with Crippen LogP contribution in [0.5, 0.6) is 0 Å². The van der Waals surface area contributed by atoms with Crippen LogP contribution < -0.4 is 0 Å². The molecule has 2 aromatic rings. The molecule has 1 heterocycles. The smallest absolute Gasteiger partial charge is 0.140 e. The molecule has 1 fully saturated rings. The highest BCUT2D eigenvalue weighted by molar-refractivity contribution is 7.17. The summed E-state index contributed by atoms with van der Waals surface area (Å²) < 4.78 is 1.29.